The molecule has 2 aromatic rings. The van der Waals surface area contributed by atoms with Gasteiger partial charge < -0.3 is 9.31 Å². The number of nitro groups is 1. The third kappa shape index (κ3) is 3.41. The molecule has 1 atom stereocenters. The lowest BCUT2D eigenvalue weighted by molar-refractivity contribution is -0.386. The van der Waals surface area contributed by atoms with Gasteiger partial charge in [-0.15, -0.1) is 0 Å². The second-order valence-corrected chi connectivity index (χ2v) is 6.70. The van der Waals surface area contributed by atoms with E-state index in [1.54, 1.807) is 42.5 Å². The average Bonchev–Trinajstić information content (AvgIpc) is 2.61. The van der Waals surface area contributed by atoms with Gasteiger partial charge in [0.25, 0.3) is 5.69 Å². The van der Waals surface area contributed by atoms with E-state index in [-0.39, 0.29) is 10.6 Å². The van der Waals surface area contributed by atoms with Gasteiger partial charge in [-0.25, -0.2) is 0 Å². The summed E-state index contributed by atoms with van der Waals surface area (Å²) < 4.78 is 12.0. The molecule has 0 aliphatic carbocycles. The van der Waals surface area contributed by atoms with E-state index in [4.69, 9.17) is 14.6 Å². The lowest BCUT2D eigenvalue weighted by Gasteiger charge is -2.41. The third-order valence-electron chi connectivity index (χ3n) is 4.30. The van der Waals surface area contributed by atoms with E-state index in [2.05, 4.69) is 6.07 Å². The topological polar surface area (TPSA) is 85.4 Å². The van der Waals surface area contributed by atoms with Gasteiger partial charge in [0.2, 0.25) is 0 Å². The molecule has 0 aromatic heterocycles. The summed E-state index contributed by atoms with van der Waals surface area (Å²) in [6.45, 7) is 4.32. The predicted octanol–water partition coefficient (Wildman–Crippen LogP) is 2.98. The van der Waals surface area contributed by atoms with Crippen LogP contribution in [0.2, 0.25) is 0 Å². The predicted molar refractivity (Wildman–Crippen MR) is 93.2 cm³/mol. The Morgan fingerprint density at radius 1 is 1.24 bits per heavy atom. The van der Waals surface area contributed by atoms with E-state index >= 15 is 0 Å². The largest absolute Gasteiger partial charge is 0.494 e. The molecule has 7 heteroatoms. The first-order chi connectivity index (χ1) is 11.9. The number of para-hydroxylation sites is 1. The molecule has 0 N–H and O–H groups in total. The van der Waals surface area contributed by atoms with Gasteiger partial charge in [-0.3, -0.25) is 10.1 Å². The van der Waals surface area contributed by atoms with Gasteiger partial charge in [-0.1, -0.05) is 38.1 Å². The molecule has 2 aromatic carbocycles. The quantitative estimate of drug-likeness (QED) is 0.489. The third-order valence-corrected chi connectivity index (χ3v) is 4.30. The second-order valence-electron chi connectivity index (χ2n) is 6.70. The Labute approximate surface area is 146 Å². The molecule has 0 spiro atoms. The maximum absolute atomic E-state index is 11.4. The molecule has 0 amide bonds. The Hall–Kier alpha value is -2.69. The number of benzene rings is 2. The summed E-state index contributed by atoms with van der Waals surface area (Å²) in [6, 6.07) is 15.6. The smallest absolute Gasteiger partial charge is 0.407 e. The molecule has 1 aliphatic rings. The first-order valence-corrected chi connectivity index (χ1v) is 7.93. The number of nitro benzene ring substituents is 1. The highest BCUT2D eigenvalue weighted by atomic mass is 16.6. The number of nitrogens with zero attached hydrogens (tertiary/aromatic N) is 2. The van der Waals surface area contributed by atoms with Gasteiger partial charge in [0, 0.05) is 18.1 Å². The lowest BCUT2D eigenvalue weighted by atomic mass is 9.72. The molecule has 0 bridgehead atoms. The number of hydrogen-bond acceptors (Lipinski definition) is 5. The Bertz CT molecular complexity index is 830. The van der Waals surface area contributed by atoms with Crippen molar-refractivity contribution in [1.29, 1.82) is 5.26 Å². The zero-order valence-corrected chi connectivity index (χ0v) is 14.0. The van der Waals surface area contributed by atoms with Crippen LogP contribution in [0.3, 0.4) is 0 Å². The Morgan fingerprint density at radius 2 is 1.92 bits per heavy atom. The number of hydrogen-bond donors (Lipinski definition) is 0. The molecule has 25 heavy (non-hydrogen) atoms. The summed E-state index contributed by atoms with van der Waals surface area (Å²) >= 11 is 0. The van der Waals surface area contributed by atoms with Crippen LogP contribution >= 0.6 is 0 Å². The minimum absolute atomic E-state index is 0.0426. The zero-order chi connectivity index (χ0) is 18.0. The highest BCUT2D eigenvalue weighted by molar-refractivity contribution is 6.61. The summed E-state index contributed by atoms with van der Waals surface area (Å²) in [5.41, 5.74) is 1.49. The monoisotopic (exact) mass is 336 g/mol. The summed E-state index contributed by atoms with van der Waals surface area (Å²) in [4.78, 5) is 11.0. The Balaban J connectivity index is 1.94. The van der Waals surface area contributed by atoms with Gasteiger partial charge in [-0.05, 0) is 23.7 Å². The highest BCUT2D eigenvalue weighted by Crippen LogP contribution is 2.43. The molecule has 1 fully saturated rings. The number of rotatable bonds is 3. The van der Waals surface area contributed by atoms with Gasteiger partial charge in [0.1, 0.15) is 0 Å². The molecule has 1 unspecified atom stereocenters. The first-order valence-electron chi connectivity index (χ1n) is 7.93. The van der Waals surface area contributed by atoms with E-state index < -0.39 is 18.6 Å². The number of nitriles is 1. The minimum atomic E-state index is -0.634. The summed E-state index contributed by atoms with van der Waals surface area (Å²) in [7, 11) is -0.634. The second kappa shape index (κ2) is 6.67. The molecular weight excluding hydrogens is 319 g/mol. The SMILES string of the molecule is CC1(C)COB(c2ccc(C#N)cc2)OC1c1ccccc1[N+](=O)[O-]. The van der Waals surface area contributed by atoms with Gasteiger partial charge >= 0.3 is 7.12 Å². The van der Waals surface area contributed by atoms with E-state index in [9.17, 15) is 10.1 Å². The van der Waals surface area contributed by atoms with Crippen molar-refractivity contribution in [2.24, 2.45) is 5.41 Å². The van der Waals surface area contributed by atoms with E-state index in [0.717, 1.165) is 5.46 Å². The van der Waals surface area contributed by atoms with Gasteiger partial charge in [-0.2, -0.15) is 5.26 Å². The van der Waals surface area contributed by atoms with E-state index in [1.807, 2.05) is 13.8 Å². The Kier molecular flexibility index (Phi) is 4.58. The van der Waals surface area contributed by atoms with Crippen LogP contribution in [0, 0.1) is 26.9 Å². The maximum Gasteiger partial charge on any atom is 0.494 e. The molecule has 1 aliphatic heterocycles. The van der Waals surface area contributed by atoms with Crippen molar-refractivity contribution in [3.8, 4) is 6.07 Å². The van der Waals surface area contributed by atoms with E-state index in [1.165, 1.54) is 6.07 Å². The van der Waals surface area contributed by atoms with Crippen molar-refractivity contribution >= 4 is 18.3 Å². The zero-order valence-electron chi connectivity index (χ0n) is 14.0. The Morgan fingerprint density at radius 3 is 2.56 bits per heavy atom. The molecule has 3 rings (SSSR count). The van der Waals surface area contributed by atoms with Crippen LogP contribution in [-0.4, -0.2) is 18.6 Å². The standard InChI is InChI=1S/C18H17BN2O4/c1-18(2)12-24-19(14-9-7-13(11-20)8-10-14)25-17(18)15-5-3-4-6-16(15)21(22)23/h3-10,17H,12H2,1-2H3. The van der Waals surface area contributed by atoms with Crippen LogP contribution in [0.25, 0.3) is 0 Å². The lowest BCUT2D eigenvalue weighted by Crippen LogP contribution is -2.49. The molecule has 0 radical (unpaired) electrons. The highest BCUT2D eigenvalue weighted by Gasteiger charge is 2.44. The fraction of sp³-hybridized carbons (Fsp3) is 0.278. The molecule has 1 heterocycles. The van der Waals surface area contributed by atoms with Gasteiger partial charge in [0.05, 0.1) is 28.2 Å². The fourth-order valence-corrected chi connectivity index (χ4v) is 2.97. The normalized spacial score (nSPS) is 19.2. The van der Waals surface area contributed by atoms with Crippen molar-refractivity contribution in [3.05, 3.63) is 69.8 Å². The molecule has 1 saturated heterocycles. The van der Waals surface area contributed by atoms with Crippen molar-refractivity contribution in [1.82, 2.24) is 0 Å². The van der Waals surface area contributed by atoms with Crippen LogP contribution < -0.4 is 5.46 Å². The van der Waals surface area contributed by atoms with E-state index in [0.29, 0.717) is 17.7 Å². The summed E-state index contributed by atoms with van der Waals surface area (Å²) in [6.07, 6.45) is -0.483. The minimum Gasteiger partial charge on any atom is -0.407 e. The van der Waals surface area contributed by atoms with Crippen molar-refractivity contribution in [2.45, 2.75) is 20.0 Å². The van der Waals surface area contributed by atoms with Crippen LogP contribution in [0.1, 0.15) is 31.1 Å². The van der Waals surface area contributed by atoms with Gasteiger partial charge in [0.15, 0.2) is 0 Å². The summed E-state index contributed by atoms with van der Waals surface area (Å²) in [5.74, 6) is 0. The molecule has 0 saturated carbocycles. The average molecular weight is 336 g/mol. The van der Waals surface area contributed by atoms with Crippen LogP contribution in [0.5, 0.6) is 0 Å². The van der Waals surface area contributed by atoms with Crippen molar-refractivity contribution in [3.63, 3.8) is 0 Å². The first kappa shape index (κ1) is 17.1. The van der Waals surface area contributed by atoms with Crippen molar-refractivity contribution < 1.29 is 14.2 Å². The van der Waals surface area contributed by atoms with Crippen LogP contribution in [-0.2, 0) is 9.31 Å². The molecular formula is C18H17BN2O4. The van der Waals surface area contributed by atoms with Crippen LogP contribution in [0.15, 0.2) is 48.5 Å². The maximum atomic E-state index is 11.4. The fourth-order valence-electron chi connectivity index (χ4n) is 2.97. The van der Waals surface area contributed by atoms with Crippen molar-refractivity contribution in [2.75, 3.05) is 6.61 Å². The molecule has 6 nitrogen and oxygen atoms in total. The van der Waals surface area contributed by atoms with Crippen LogP contribution in [0.4, 0.5) is 5.69 Å². The summed E-state index contributed by atoms with van der Waals surface area (Å²) in [5, 5.41) is 20.3. The molecule has 126 valence electrons.